The van der Waals surface area contributed by atoms with Gasteiger partial charge in [-0.25, -0.2) is 5.32 Å². The van der Waals surface area contributed by atoms with Gasteiger partial charge in [-0.15, -0.1) is 6.58 Å². The van der Waals surface area contributed by atoms with E-state index < -0.39 is 0 Å². The fraction of sp³-hybridized carbons (Fsp3) is 0.571. The predicted molar refractivity (Wildman–Crippen MR) is 38.6 cm³/mol. The van der Waals surface area contributed by atoms with Gasteiger partial charge in [0.15, 0.2) is 0 Å². The lowest BCUT2D eigenvalue weighted by molar-refractivity contribution is -0.124. The van der Waals surface area contributed by atoms with Crippen LogP contribution in [0.3, 0.4) is 0 Å². The third-order valence-corrected chi connectivity index (χ3v) is 1.47. The molecule has 0 aromatic carbocycles. The van der Waals surface area contributed by atoms with Gasteiger partial charge in [-0.3, -0.25) is 4.79 Å². The largest absolute Gasteiger partial charge is 0.304 e. The second-order valence-corrected chi connectivity index (χ2v) is 2.25. The van der Waals surface area contributed by atoms with Crippen molar-refractivity contribution in [1.29, 1.82) is 0 Å². The molecule has 1 heterocycles. The van der Waals surface area contributed by atoms with Crippen LogP contribution in [-0.2, 0) is 4.79 Å². The molecule has 55 valence electrons. The Morgan fingerprint density at radius 1 is 1.90 bits per heavy atom. The number of carbonyl (C=O) groups is 1. The van der Waals surface area contributed by atoms with Crippen LogP contribution in [0.1, 0.15) is 6.42 Å². The van der Waals surface area contributed by atoms with Gasteiger partial charge in [0, 0.05) is 6.54 Å². The molecule has 0 spiro atoms. The lowest BCUT2D eigenvalue weighted by atomic mass is 10.1. The molecule has 1 unspecified atom stereocenters. The van der Waals surface area contributed by atoms with E-state index in [0.717, 1.165) is 6.54 Å². The summed E-state index contributed by atoms with van der Waals surface area (Å²) >= 11 is 0. The second kappa shape index (κ2) is 3.37. The van der Waals surface area contributed by atoms with E-state index in [9.17, 15) is 4.79 Å². The summed E-state index contributed by atoms with van der Waals surface area (Å²) in [6, 6.07) is -0.105. The van der Waals surface area contributed by atoms with Crippen LogP contribution in [0.5, 0.6) is 0 Å². The molecule has 1 fully saturated rings. The van der Waals surface area contributed by atoms with E-state index in [1.165, 1.54) is 0 Å². The topological polar surface area (TPSA) is 43.2 Å². The molecular formula is C7H11N2O. The lowest BCUT2D eigenvalue weighted by Crippen LogP contribution is -2.49. The van der Waals surface area contributed by atoms with E-state index in [0.29, 0.717) is 13.0 Å². The zero-order valence-corrected chi connectivity index (χ0v) is 5.84. The second-order valence-electron chi connectivity index (χ2n) is 2.25. The Morgan fingerprint density at radius 2 is 2.70 bits per heavy atom. The summed E-state index contributed by atoms with van der Waals surface area (Å²) in [7, 11) is 0. The van der Waals surface area contributed by atoms with Crippen molar-refractivity contribution in [3.05, 3.63) is 12.7 Å². The summed E-state index contributed by atoms with van der Waals surface area (Å²) in [5.41, 5.74) is 0. The van der Waals surface area contributed by atoms with Crippen molar-refractivity contribution in [2.24, 2.45) is 0 Å². The third-order valence-electron chi connectivity index (χ3n) is 1.47. The molecule has 3 heteroatoms. The molecule has 1 aliphatic rings. The van der Waals surface area contributed by atoms with Crippen LogP contribution in [0.2, 0.25) is 0 Å². The van der Waals surface area contributed by atoms with Crippen LogP contribution in [0, 0.1) is 0 Å². The molecule has 0 aromatic heterocycles. The fourth-order valence-electron chi connectivity index (χ4n) is 0.953. The Labute approximate surface area is 60.5 Å². The SMILES string of the molecule is C=CCC1NCC[N]C1=O. The number of hydrogen-bond donors (Lipinski definition) is 1. The Kier molecular flexibility index (Phi) is 2.45. The summed E-state index contributed by atoms with van der Waals surface area (Å²) in [5, 5.41) is 6.84. The van der Waals surface area contributed by atoms with Crippen molar-refractivity contribution < 1.29 is 4.79 Å². The van der Waals surface area contributed by atoms with Gasteiger partial charge in [0.05, 0.1) is 12.6 Å². The van der Waals surface area contributed by atoms with Gasteiger partial charge >= 0.3 is 0 Å². The average molecular weight is 139 g/mol. The Hall–Kier alpha value is -0.830. The number of nitrogens with one attached hydrogen (secondary N) is 1. The van der Waals surface area contributed by atoms with Crippen molar-refractivity contribution in [3.8, 4) is 0 Å². The highest BCUT2D eigenvalue weighted by Gasteiger charge is 2.20. The number of amides is 1. The van der Waals surface area contributed by atoms with Crippen LogP contribution in [0.15, 0.2) is 12.7 Å². The number of carbonyl (C=O) groups excluding carboxylic acids is 1. The van der Waals surface area contributed by atoms with E-state index in [1.807, 2.05) is 0 Å². The van der Waals surface area contributed by atoms with Crippen LogP contribution < -0.4 is 10.6 Å². The molecule has 1 atom stereocenters. The lowest BCUT2D eigenvalue weighted by Gasteiger charge is -2.19. The van der Waals surface area contributed by atoms with Crippen LogP contribution in [0.25, 0.3) is 0 Å². The summed E-state index contributed by atoms with van der Waals surface area (Å²) in [5.74, 6) is -0.0360. The van der Waals surface area contributed by atoms with E-state index in [4.69, 9.17) is 0 Å². The maximum Gasteiger partial charge on any atom is 0.258 e. The van der Waals surface area contributed by atoms with Gasteiger partial charge in [0.25, 0.3) is 5.91 Å². The quantitative estimate of drug-likeness (QED) is 0.532. The van der Waals surface area contributed by atoms with Crippen molar-refractivity contribution >= 4 is 5.91 Å². The van der Waals surface area contributed by atoms with E-state index in [2.05, 4.69) is 17.2 Å². The Balaban J connectivity index is 2.39. The highest BCUT2D eigenvalue weighted by atomic mass is 16.2. The number of nitrogens with zero attached hydrogens (tertiary/aromatic N) is 1. The summed E-state index contributed by atoms with van der Waals surface area (Å²) in [6.07, 6.45) is 2.42. The van der Waals surface area contributed by atoms with E-state index >= 15 is 0 Å². The molecule has 0 bridgehead atoms. The van der Waals surface area contributed by atoms with Crippen LogP contribution in [0.4, 0.5) is 0 Å². The van der Waals surface area contributed by atoms with Crippen LogP contribution >= 0.6 is 0 Å². The molecule has 1 rings (SSSR count). The minimum Gasteiger partial charge on any atom is -0.304 e. The monoisotopic (exact) mass is 139 g/mol. The molecule has 1 N–H and O–H groups in total. The molecule has 1 saturated heterocycles. The van der Waals surface area contributed by atoms with E-state index in [1.54, 1.807) is 6.08 Å². The van der Waals surface area contributed by atoms with Crippen molar-refractivity contribution in [3.63, 3.8) is 0 Å². The van der Waals surface area contributed by atoms with Gasteiger partial charge in [-0.2, -0.15) is 0 Å². The molecule has 1 aliphatic heterocycles. The average Bonchev–Trinajstić information content (AvgIpc) is 1.94. The molecular weight excluding hydrogens is 128 g/mol. The zero-order valence-electron chi connectivity index (χ0n) is 5.84. The minimum atomic E-state index is -0.105. The summed E-state index contributed by atoms with van der Waals surface area (Å²) < 4.78 is 0. The normalized spacial score (nSPS) is 25.6. The standard InChI is InChI=1S/C7H11N2O/c1-2-3-6-7(10)9-5-4-8-6/h2,6,8H,1,3-5H2. The Bertz CT molecular complexity index is 145. The predicted octanol–water partition coefficient (Wildman–Crippen LogP) is -0.335. The third kappa shape index (κ3) is 1.57. The highest BCUT2D eigenvalue weighted by Crippen LogP contribution is 1.96. The van der Waals surface area contributed by atoms with Crippen molar-refractivity contribution in [1.82, 2.24) is 10.6 Å². The summed E-state index contributed by atoms with van der Waals surface area (Å²) in [6.45, 7) is 4.98. The smallest absolute Gasteiger partial charge is 0.258 e. The first-order valence-corrected chi connectivity index (χ1v) is 3.40. The van der Waals surface area contributed by atoms with Gasteiger partial charge in [-0.1, -0.05) is 6.08 Å². The van der Waals surface area contributed by atoms with Crippen molar-refractivity contribution in [2.45, 2.75) is 12.5 Å². The number of hydrogen-bond acceptors (Lipinski definition) is 2. The maximum atomic E-state index is 10.9. The number of rotatable bonds is 2. The maximum absolute atomic E-state index is 10.9. The number of piperazine rings is 1. The van der Waals surface area contributed by atoms with E-state index in [-0.39, 0.29) is 11.9 Å². The van der Waals surface area contributed by atoms with Gasteiger partial charge in [0.2, 0.25) is 0 Å². The molecule has 0 aromatic rings. The van der Waals surface area contributed by atoms with Gasteiger partial charge in [0.1, 0.15) is 0 Å². The first-order chi connectivity index (χ1) is 4.84. The van der Waals surface area contributed by atoms with Crippen molar-refractivity contribution in [2.75, 3.05) is 13.1 Å². The molecule has 0 saturated carbocycles. The zero-order chi connectivity index (χ0) is 7.40. The highest BCUT2D eigenvalue weighted by molar-refractivity contribution is 5.82. The molecule has 10 heavy (non-hydrogen) atoms. The van der Waals surface area contributed by atoms with Gasteiger partial charge in [-0.05, 0) is 6.42 Å². The first-order valence-electron chi connectivity index (χ1n) is 3.40. The fourth-order valence-corrected chi connectivity index (χ4v) is 0.953. The summed E-state index contributed by atoms with van der Waals surface area (Å²) in [4.78, 5) is 10.9. The molecule has 1 radical (unpaired) electrons. The first kappa shape index (κ1) is 7.28. The molecule has 1 amide bonds. The minimum absolute atomic E-state index is 0.0360. The van der Waals surface area contributed by atoms with Gasteiger partial charge < -0.3 is 5.32 Å². The molecule has 3 nitrogen and oxygen atoms in total. The Morgan fingerprint density at radius 3 is 3.30 bits per heavy atom. The molecule has 0 aliphatic carbocycles. The van der Waals surface area contributed by atoms with Crippen LogP contribution in [-0.4, -0.2) is 25.0 Å².